The molecular weight excluding hydrogens is 353 g/mol. The Balaban J connectivity index is 1.84. The van der Waals surface area contributed by atoms with E-state index in [1.165, 1.54) is 6.07 Å². The molecule has 0 saturated carbocycles. The minimum absolute atomic E-state index is 0.0245. The van der Waals surface area contributed by atoms with Crippen molar-refractivity contribution in [3.05, 3.63) is 45.8 Å². The van der Waals surface area contributed by atoms with E-state index in [4.69, 9.17) is 4.52 Å². The number of rotatable bonds is 4. The molecule has 1 saturated heterocycles. The van der Waals surface area contributed by atoms with Crippen molar-refractivity contribution in [2.75, 3.05) is 0 Å². The summed E-state index contributed by atoms with van der Waals surface area (Å²) in [5.41, 5.74) is 0.471. The number of amides is 1. The van der Waals surface area contributed by atoms with Crippen molar-refractivity contribution in [3.63, 3.8) is 0 Å². The molecule has 0 bridgehead atoms. The summed E-state index contributed by atoms with van der Waals surface area (Å²) in [6.07, 6.45) is 1.69. The number of carbonyl (C=O) groups is 1. The number of aryl methyl sites for hydroxylation is 1. The summed E-state index contributed by atoms with van der Waals surface area (Å²) in [6.45, 7) is 2.13. The lowest BCUT2D eigenvalue weighted by atomic mass is 10.1. The Morgan fingerprint density at radius 2 is 2.32 bits per heavy atom. The topological polar surface area (TPSA) is 59.2 Å². The van der Waals surface area contributed by atoms with Crippen LogP contribution in [0.3, 0.4) is 0 Å². The molecule has 1 aromatic heterocycles. The minimum atomic E-state index is -0.340. The van der Waals surface area contributed by atoms with Crippen molar-refractivity contribution < 1.29 is 13.7 Å². The molecule has 2 aromatic rings. The van der Waals surface area contributed by atoms with Gasteiger partial charge in [0.15, 0.2) is 5.82 Å². The molecule has 0 aliphatic carbocycles. The zero-order chi connectivity index (χ0) is 15.7. The van der Waals surface area contributed by atoms with Gasteiger partial charge in [-0.2, -0.15) is 4.98 Å². The van der Waals surface area contributed by atoms with E-state index in [2.05, 4.69) is 26.1 Å². The van der Waals surface area contributed by atoms with Gasteiger partial charge in [0.2, 0.25) is 11.8 Å². The van der Waals surface area contributed by atoms with Gasteiger partial charge in [-0.05, 0) is 18.6 Å². The second kappa shape index (κ2) is 6.16. The maximum Gasteiger partial charge on any atom is 0.249 e. The number of carbonyl (C=O) groups excluding carboxylic acids is 1. The molecule has 7 heteroatoms. The van der Waals surface area contributed by atoms with Crippen LogP contribution in [0.1, 0.15) is 43.1 Å². The molecule has 0 radical (unpaired) electrons. The smallest absolute Gasteiger partial charge is 0.249 e. The first kappa shape index (κ1) is 15.1. The first-order valence-corrected chi connectivity index (χ1v) is 7.93. The second-order valence-electron chi connectivity index (χ2n) is 5.21. The molecule has 1 unspecified atom stereocenters. The van der Waals surface area contributed by atoms with E-state index < -0.39 is 0 Å². The Morgan fingerprint density at radius 3 is 3.00 bits per heavy atom. The number of aromatic nitrogens is 2. The third-order valence-electron chi connectivity index (χ3n) is 3.77. The number of likely N-dealkylation sites (tertiary alicyclic amines) is 1. The fourth-order valence-corrected chi connectivity index (χ4v) is 2.90. The first-order valence-electron chi connectivity index (χ1n) is 7.14. The lowest BCUT2D eigenvalue weighted by Crippen LogP contribution is -2.27. The van der Waals surface area contributed by atoms with Crippen LogP contribution in [-0.4, -0.2) is 20.9 Å². The van der Waals surface area contributed by atoms with Crippen LogP contribution in [0, 0.1) is 5.82 Å². The van der Waals surface area contributed by atoms with Gasteiger partial charge < -0.3 is 9.42 Å². The third kappa shape index (κ3) is 2.90. The van der Waals surface area contributed by atoms with Crippen LogP contribution < -0.4 is 0 Å². The van der Waals surface area contributed by atoms with Gasteiger partial charge >= 0.3 is 0 Å². The predicted octanol–water partition coefficient (Wildman–Crippen LogP) is 3.40. The highest BCUT2D eigenvalue weighted by Gasteiger charge is 2.36. The molecule has 1 aliphatic rings. The summed E-state index contributed by atoms with van der Waals surface area (Å²) < 4.78 is 19.9. The van der Waals surface area contributed by atoms with E-state index in [-0.39, 0.29) is 24.3 Å². The molecule has 116 valence electrons. The molecule has 0 spiro atoms. The molecule has 1 atom stereocenters. The quantitative estimate of drug-likeness (QED) is 0.830. The molecule has 3 rings (SSSR count). The highest BCUT2D eigenvalue weighted by atomic mass is 79.9. The maximum absolute atomic E-state index is 14.0. The Hall–Kier alpha value is -1.76. The van der Waals surface area contributed by atoms with Crippen LogP contribution in [0.5, 0.6) is 0 Å². The van der Waals surface area contributed by atoms with E-state index in [1.54, 1.807) is 17.0 Å². The van der Waals surface area contributed by atoms with E-state index in [1.807, 2.05) is 6.92 Å². The second-order valence-corrected chi connectivity index (χ2v) is 6.13. The van der Waals surface area contributed by atoms with Crippen molar-refractivity contribution in [1.82, 2.24) is 15.0 Å². The lowest BCUT2D eigenvalue weighted by molar-refractivity contribution is -0.130. The summed E-state index contributed by atoms with van der Waals surface area (Å²) in [7, 11) is 0. The van der Waals surface area contributed by atoms with Gasteiger partial charge in [0.05, 0.1) is 0 Å². The fourth-order valence-electron chi connectivity index (χ4n) is 2.57. The number of nitrogens with zero attached hydrogens (tertiary/aromatic N) is 3. The predicted molar refractivity (Wildman–Crippen MR) is 80.3 cm³/mol. The van der Waals surface area contributed by atoms with Crippen molar-refractivity contribution in [3.8, 4) is 0 Å². The molecular formula is C15H15BrFN3O2. The molecule has 22 heavy (non-hydrogen) atoms. The van der Waals surface area contributed by atoms with Gasteiger partial charge in [0, 0.05) is 29.4 Å². The van der Waals surface area contributed by atoms with E-state index in [9.17, 15) is 9.18 Å². The number of halogens is 2. The van der Waals surface area contributed by atoms with Crippen molar-refractivity contribution >= 4 is 21.8 Å². The van der Waals surface area contributed by atoms with Crippen LogP contribution in [0.25, 0.3) is 0 Å². The SMILES string of the molecule is CCc1noc(C2CCC(=O)N2Cc2ccc(Br)cc2F)n1. The van der Waals surface area contributed by atoms with Crippen LogP contribution >= 0.6 is 15.9 Å². The summed E-state index contributed by atoms with van der Waals surface area (Å²) in [6, 6.07) is 4.55. The van der Waals surface area contributed by atoms with E-state index in [0.717, 1.165) is 0 Å². The Morgan fingerprint density at radius 1 is 1.50 bits per heavy atom. The zero-order valence-electron chi connectivity index (χ0n) is 12.1. The average molecular weight is 368 g/mol. The summed E-state index contributed by atoms with van der Waals surface area (Å²) in [5.74, 6) is 0.681. The van der Waals surface area contributed by atoms with Crippen LogP contribution in [-0.2, 0) is 17.8 Å². The first-order chi connectivity index (χ1) is 10.6. The number of hydrogen-bond acceptors (Lipinski definition) is 4. The normalized spacial score (nSPS) is 18.2. The van der Waals surface area contributed by atoms with Gasteiger partial charge in [-0.15, -0.1) is 0 Å². The van der Waals surface area contributed by atoms with Crippen LogP contribution in [0.4, 0.5) is 4.39 Å². The Labute approximate surface area is 135 Å². The third-order valence-corrected chi connectivity index (χ3v) is 4.26. The minimum Gasteiger partial charge on any atom is -0.337 e. The highest BCUT2D eigenvalue weighted by Crippen LogP contribution is 2.33. The monoisotopic (exact) mass is 367 g/mol. The largest absolute Gasteiger partial charge is 0.337 e. The van der Waals surface area contributed by atoms with Crippen LogP contribution in [0.15, 0.2) is 27.2 Å². The average Bonchev–Trinajstić information content (AvgIpc) is 3.09. The number of benzene rings is 1. The van der Waals surface area contributed by atoms with Crippen LogP contribution in [0.2, 0.25) is 0 Å². The zero-order valence-corrected chi connectivity index (χ0v) is 13.6. The number of hydrogen-bond donors (Lipinski definition) is 0. The lowest BCUT2D eigenvalue weighted by Gasteiger charge is -2.22. The summed E-state index contributed by atoms with van der Waals surface area (Å²) in [5, 5.41) is 3.87. The van der Waals surface area contributed by atoms with Crippen molar-refractivity contribution in [1.29, 1.82) is 0 Å². The van der Waals surface area contributed by atoms with Gasteiger partial charge in [0.1, 0.15) is 11.9 Å². The molecule has 1 aliphatic heterocycles. The van der Waals surface area contributed by atoms with Crippen molar-refractivity contribution in [2.45, 2.75) is 38.8 Å². The maximum atomic E-state index is 14.0. The molecule has 1 fully saturated rings. The molecule has 0 N–H and O–H groups in total. The molecule has 5 nitrogen and oxygen atoms in total. The Bertz CT molecular complexity index is 704. The molecule has 1 amide bonds. The highest BCUT2D eigenvalue weighted by molar-refractivity contribution is 9.10. The van der Waals surface area contributed by atoms with Gasteiger partial charge in [-0.1, -0.05) is 34.1 Å². The molecule has 2 heterocycles. The fraction of sp³-hybridized carbons (Fsp3) is 0.400. The van der Waals surface area contributed by atoms with Crippen molar-refractivity contribution in [2.24, 2.45) is 0 Å². The van der Waals surface area contributed by atoms with Gasteiger partial charge in [0.25, 0.3) is 0 Å². The van der Waals surface area contributed by atoms with Gasteiger partial charge in [-0.25, -0.2) is 4.39 Å². The van der Waals surface area contributed by atoms with Gasteiger partial charge in [-0.3, -0.25) is 4.79 Å². The summed E-state index contributed by atoms with van der Waals surface area (Å²) in [4.78, 5) is 18.0. The molecule has 1 aromatic carbocycles. The standard InChI is InChI=1S/C15H15BrFN3O2/c1-2-13-18-15(22-19-13)12-5-6-14(21)20(12)8-9-3-4-10(16)7-11(9)17/h3-4,7,12H,2,5-6,8H2,1H3. The van der Waals surface area contributed by atoms with E-state index >= 15 is 0 Å². The van der Waals surface area contributed by atoms with E-state index in [0.29, 0.717) is 41.0 Å². The Kier molecular flexibility index (Phi) is 4.24. The summed E-state index contributed by atoms with van der Waals surface area (Å²) >= 11 is 3.23.